The van der Waals surface area contributed by atoms with Gasteiger partial charge in [0.05, 0.1) is 21.7 Å². The number of hydrogen-bond donors (Lipinski definition) is 1. The van der Waals surface area contributed by atoms with E-state index in [4.69, 9.17) is 4.74 Å². The van der Waals surface area contributed by atoms with Gasteiger partial charge in [-0.05, 0) is 48.5 Å². The lowest BCUT2D eigenvalue weighted by molar-refractivity contribution is 0.0997. The lowest BCUT2D eigenvalue weighted by atomic mass is 10.2. The summed E-state index contributed by atoms with van der Waals surface area (Å²) in [5.74, 6) is -2.84. The molecule has 0 atom stereocenters. The highest BCUT2D eigenvalue weighted by Crippen LogP contribution is 2.23. The van der Waals surface area contributed by atoms with Gasteiger partial charge in [0, 0.05) is 31.0 Å². The van der Waals surface area contributed by atoms with E-state index in [0.717, 1.165) is 47.7 Å². The molecule has 0 aliphatic heterocycles. The maximum absolute atomic E-state index is 14.5. The van der Waals surface area contributed by atoms with E-state index in [1.54, 1.807) is 0 Å². The molecule has 0 aliphatic rings. The number of hydrogen-bond acceptors (Lipinski definition) is 5. The summed E-state index contributed by atoms with van der Waals surface area (Å²) in [6.07, 6.45) is 0. The topological polar surface area (TPSA) is 89.8 Å². The van der Waals surface area contributed by atoms with Crippen LogP contribution in [0.25, 0.3) is 10.2 Å². The Balaban J connectivity index is 1.69. The van der Waals surface area contributed by atoms with E-state index in [9.17, 15) is 26.4 Å². The first-order chi connectivity index (χ1) is 16.7. The van der Waals surface area contributed by atoms with Gasteiger partial charge in [-0.25, -0.2) is 21.6 Å². The number of fused-ring (bicyclic) bond motifs is 1. The van der Waals surface area contributed by atoms with Gasteiger partial charge in [-0.15, -0.1) is 0 Å². The van der Waals surface area contributed by atoms with Crippen molar-refractivity contribution >= 4 is 43.2 Å². The van der Waals surface area contributed by atoms with Crippen molar-refractivity contribution in [3.63, 3.8) is 0 Å². The lowest BCUT2D eigenvalue weighted by Gasteiger charge is -2.09. The van der Waals surface area contributed by atoms with Crippen LogP contribution in [0, 0.1) is 17.5 Å². The molecule has 4 rings (SSSR count). The summed E-state index contributed by atoms with van der Waals surface area (Å²) in [5, 5.41) is 0. The van der Waals surface area contributed by atoms with Crippen molar-refractivity contribution in [1.82, 2.24) is 4.57 Å². The summed E-state index contributed by atoms with van der Waals surface area (Å²) in [5.41, 5.74) is 0.250. The molecule has 0 spiro atoms. The number of ether oxygens (including phenoxy) is 1. The van der Waals surface area contributed by atoms with E-state index < -0.39 is 33.4 Å². The number of methoxy groups -OCH3 is 1. The number of amides is 1. The van der Waals surface area contributed by atoms with Crippen LogP contribution in [-0.2, 0) is 21.3 Å². The summed E-state index contributed by atoms with van der Waals surface area (Å²) < 4.78 is 75.5. The fourth-order valence-corrected chi connectivity index (χ4v) is 5.44. The Bertz CT molecular complexity index is 1580. The number of thiazole rings is 1. The fraction of sp³-hybridized carbons (Fsp3) is 0.130. The fourth-order valence-electron chi connectivity index (χ4n) is 3.30. The third-order valence-corrected chi connectivity index (χ3v) is 7.32. The van der Waals surface area contributed by atoms with Crippen LogP contribution in [0.3, 0.4) is 0 Å². The van der Waals surface area contributed by atoms with Crippen molar-refractivity contribution in [1.29, 1.82) is 0 Å². The number of rotatable bonds is 7. The molecule has 182 valence electrons. The molecule has 1 aromatic heterocycles. The van der Waals surface area contributed by atoms with Crippen LogP contribution in [0.1, 0.15) is 10.4 Å². The molecule has 1 N–H and O–H groups in total. The number of nitrogens with one attached hydrogen (secondary N) is 1. The maximum Gasteiger partial charge on any atom is 0.279 e. The quantitative estimate of drug-likeness (QED) is 0.393. The Labute approximate surface area is 202 Å². The average Bonchev–Trinajstić information content (AvgIpc) is 3.14. The van der Waals surface area contributed by atoms with Crippen molar-refractivity contribution in [2.75, 3.05) is 18.4 Å². The number of sulfonamides is 1. The molecule has 35 heavy (non-hydrogen) atoms. The largest absolute Gasteiger partial charge is 0.383 e. The number of halogens is 3. The first kappa shape index (κ1) is 24.6. The molecule has 0 saturated heterocycles. The van der Waals surface area contributed by atoms with Crippen molar-refractivity contribution in [3.05, 3.63) is 88.5 Å². The first-order valence-corrected chi connectivity index (χ1v) is 12.4. The molecule has 0 fully saturated rings. The van der Waals surface area contributed by atoms with Crippen LogP contribution in [0.2, 0.25) is 0 Å². The number of benzene rings is 3. The first-order valence-electron chi connectivity index (χ1n) is 10.1. The van der Waals surface area contributed by atoms with Gasteiger partial charge >= 0.3 is 0 Å². The molecule has 7 nitrogen and oxygen atoms in total. The standard InChI is InChI=1S/C23H18F3N3O4S2/c1-33-10-9-29-21-19(26)12-16(25)13-20(21)34-23(29)27-22(30)14-3-2-4-17(11-14)28-35(31,32)18-7-5-15(24)6-8-18/h2-8,11-13,28H,9-10H2,1H3. The van der Waals surface area contributed by atoms with Crippen molar-refractivity contribution < 1.29 is 31.1 Å². The predicted octanol–water partition coefficient (Wildman–Crippen LogP) is 4.31. The van der Waals surface area contributed by atoms with Crippen LogP contribution in [0.5, 0.6) is 0 Å². The third-order valence-electron chi connectivity index (χ3n) is 4.90. The Morgan fingerprint density at radius 2 is 1.80 bits per heavy atom. The van der Waals surface area contributed by atoms with Crippen LogP contribution >= 0.6 is 11.3 Å². The Morgan fingerprint density at radius 1 is 1.06 bits per heavy atom. The highest BCUT2D eigenvalue weighted by Gasteiger charge is 2.17. The minimum absolute atomic E-state index is 0.0618. The second-order valence-corrected chi connectivity index (χ2v) is 10.0. The molecule has 4 aromatic rings. The van der Waals surface area contributed by atoms with Crippen LogP contribution in [0.4, 0.5) is 18.9 Å². The van der Waals surface area contributed by atoms with Crippen LogP contribution in [0.15, 0.2) is 70.6 Å². The number of anilines is 1. The average molecular weight is 522 g/mol. The minimum Gasteiger partial charge on any atom is -0.383 e. The molecule has 3 aromatic carbocycles. The van der Waals surface area contributed by atoms with Gasteiger partial charge in [-0.2, -0.15) is 4.99 Å². The Morgan fingerprint density at radius 3 is 2.51 bits per heavy atom. The van der Waals surface area contributed by atoms with Gasteiger partial charge in [-0.3, -0.25) is 9.52 Å². The number of aromatic nitrogens is 1. The zero-order valence-electron chi connectivity index (χ0n) is 18.2. The van der Waals surface area contributed by atoms with Crippen LogP contribution in [-0.4, -0.2) is 32.6 Å². The molecular formula is C23H18F3N3O4S2. The van der Waals surface area contributed by atoms with E-state index in [2.05, 4.69) is 9.71 Å². The van der Waals surface area contributed by atoms with Gasteiger partial charge in [0.2, 0.25) is 0 Å². The second-order valence-electron chi connectivity index (χ2n) is 7.32. The number of carbonyl (C=O) groups is 1. The molecule has 0 aliphatic carbocycles. The summed E-state index contributed by atoms with van der Waals surface area (Å²) in [6, 6.07) is 11.8. The highest BCUT2D eigenvalue weighted by atomic mass is 32.2. The van der Waals surface area contributed by atoms with E-state index in [-0.39, 0.29) is 44.3 Å². The summed E-state index contributed by atoms with van der Waals surface area (Å²) in [7, 11) is -2.56. The number of carbonyl (C=O) groups excluding carboxylic acids is 1. The van der Waals surface area contributed by atoms with Gasteiger partial charge in [-0.1, -0.05) is 17.4 Å². The monoisotopic (exact) mass is 521 g/mol. The third kappa shape index (κ3) is 5.45. The molecule has 0 unspecified atom stereocenters. The predicted molar refractivity (Wildman–Crippen MR) is 125 cm³/mol. The minimum atomic E-state index is -4.03. The molecule has 12 heteroatoms. The van der Waals surface area contributed by atoms with E-state index >= 15 is 0 Å². The summed E-state index contributed by atoms with van der Waals surface area (Å²) in [4.78, 5) is 17.0. The van der Waals surface area contributed by atoms with Gasteiger partial charge in [0.1, 0.15) is 11.6 Å². The summed E-state index contributed by atoms with van der Waals surface area (Å²) >= 11 is 0.936. The summed E-state index contributed by atoms with van der Waals surface area (Å²) in [6.45, 7) is 0.368. The molecule has 1 amide bonds. The number of nitrogens with zero attached hydrogens (tertiary/aromatic N) is 2. The van der Waals surface area contributed by atoms with Gasteiger partial charge in [0.15, 0.2) is 10.6 Å². The normalized spacial score (nSPS) is 12.3. The Kier molecular flexibility index (Phi) is 7.05. The van der Waals surface area contributed by atoms with Crippen LogP contribution < -0.4 is 9.52 Å². The SMILES string of the molecule is COCCn1c(=NC(=O)c2cccc(NS(=O)(=O)c3ccc(F)cc3)c2)sc2cc(F)cc(F)c21. The molecular weight excluding hydrogens is 503 g/mol. The van der Waals surface area contributed by atoms with Crippen molar-refractivity contribution in [3.8, 4) is 0 Å². The van der Waals surface area contributed by atoms with Crippen molar-refractivity contribution in [2.24, 2.45) is 4.99 Å². The Hall–Kier alpha value is -3.48. The maximum atomic E-state index is 14.5. The molecule has 0 bridgehead atoms. The second kappa shape index (κ2) is 10.0. The zero-order valence-corrected chi connectivity index (χ0v) is 19.8. The van der Waals surface area contributed by atoms with Gasteiger partial charge < -0.3 is 9.30 Å². The molecule has 0 radical (unpaired) electrons. The molecule has 0 saturated carbocycles. The van der Waals surface area contributed by atoms with Crippen molar-refractivity contribution in [2.45, 2.75) is 11.4 Å². The highest BCUT2D eigenvalue weighted by molar-refractivity contribution is 7.92. The van der Waals surface area contributed by atoms with E-state index in [0.29, 0.717) is 0 Å². The zero-order chi connectivity index (χ0) is 25.2. The molecule has 1 heterocycles. The smallest absolute Gasteiger partial charge is 0.279 e. The lowest BCUT2D eigenvalue weighted by Crippen LogP contribution is -2.20. The van der Waals surface area contributed by atoms with E-state index in [1.807, 2.05) is 0 Å². The van der Waals surface area contributed by atoms with E-state index in [1.165, 1.54) is 35.9 Å². The van der Waals surface area contributed by atoms with Gasteiger partial charge in [0.25, 0.3) is 15.9 Å².